The molecule has 2 aromatic carbocycles. The van der Waals surface area contributed by atoms with Crippen molar-refractivity contribution in [3.05, 3.63) is 94.3 Å². The summed E-state index contributed by atoms with van der Waals surface area (Å²) in [4.78, 5) is 32.5. The summed E-state index contributed by atoms with van der Waals surface area (Å²) >= 11 is 1.59. The fraction of sp³-hybridized carbons (Fsp3) is 0.233. The predicted molar refractivity (Wildman–Crippen MR) is 152 cm³/mol. The molecule has 0 bridgehead atoms. The van der Waals surface area contributed by atoms with Crippen molar-refractivity contribution in [3.63, 3.8) is 0 Å². The molecule has 1 aliphatic carbocycles. The number of hydrogen-bond donors (Lipinski definition) is 1. The molecule has 0 unspecified atom stereocenters. The van der Waals surface area contributed by atoms with Crippen molar-refractivity contribution in [2.45, 2.75) is 44.7 Å². The third kappa shape index (κ3) is 4.82. The Morgan fingerprint density at radius 3 is 2.56 bits per heavy atom. The number of carbonyl (C=O) groups excluding carboxylic acids is 1. The molecule has 0 radical (unpaired) electrons. The van der Waals surface area contributed by atoms with Gasteiger partial charge >= 0.3 is 6.01 Å². The van der Waals surface area contributed by atoms with Gasteiger partial charge in [0.2, 0.25) is 0 Å². The minimum absolute atomic E-state index is 0.0187. The molecule has 0 saturated heterocycles. The zero-order valence-electron chi connectivity index (χ0n) is 22.0. The van der Waals surface area contributed by atoms with Crippen LogP contribution in [0.25, 0.3) is 22.0 Å². The number of aryl methyl sites for hydroxylation is 1. The van der Waals surface area contributed by atoms with E-state index < -0.39 is 12.0 Å². The Kier molecular flexibility index (Phi) is 6.43. The van der Waals surface area contributed by atoms with Crippen molar-refractivity contribution in [2.24, 2.45) is 4.99 Å². The minimum Gasteiger partial charge on any atom is -0.402 e. The smallest absolute Gasteiger partial charge is 0.317 e. The molecule has 204 valence electrons. The van der Waals surface area contributed by atoms with Crippen molar-refractivity contribution < 1.29 is 13.6 Å². The molecular formula is C30H24FN7O2S. The Labute approximate surface area is 238 Å². The molecule has 7 rings (SSSR count). The molecule has 1 aliphatic heterocycles. The molecule has 1 atom stereocenters. The van der Waals surface area contributed by atoms with Crippen LogP contribution in [0.3, 0.4) is 0 Å². The number of fused-ring (bicyclic) bond motifs is 1. The highest BCUT2D eigenvalue weighted by Gasteiger charge is 2.31. The number of hydrogen-bond acceptors (Lipinski definition) is 10. The van der Waals surface area contributed by atoms with E-state index in [0.717, 1.165) is 33.9 Å². The number of benzene rings is 2. The van der Waals surface area contributed by atoms with E-state index >= 15 is 0 Å². The first-order valence-corrected chi connectivity index (χ1v) is 14.2. The first-order valence-electron chi connectivity index (χ1n) is 13.4. The number of Topliss-reactive ketones (excluding diaryl/α,β-unsaturated/α-hetero) is 1. The maximum atomic E-state index is 14.9. The predicted octanol–water partition coefficient (Wildman–Crippen LogP) is 5.77. The van der Waals surface area contributed by atoms with E-state index in [9.17, 15) is 9.18 Å². The quantitative estimate of drug-likeness (QED) is 0.276. The summed E-state index contributed by atoms with van der Waals surface area (Å²) < 4.78 is 20.9. The van der Waals surface area contributed by atoms with E-state index in [4.69, 9.17) is 14.4 Å². The Morgan fingerprint density at radius 2 is 1.80 bits per heavy atom. The lowest BCUT2D eigenvalue weighted by molar-refractivity contribution is -0.119. The zero-order valence-corrected chi connectivity index (χ0v) is 22.9. The van der Waals surface area contributed by atoms with E-state index in [0.29, 0.717) is 34.3 Å². The molecule has 5 aromatic rings. The lowest BCUT2D eigenvalue weighted by Crippen LogP contribution is -2.29. The van der Waals surface area contributed by atoms with E-state index in [1.807, 2.05) is 37.3 Å². The van der Waals surface area contributed by atoms with Gasteiger partial charge in [0.05, 0.1) is 15.6 Å². The summed E-state index contributed by atoms with van der Waals surface area (Å²) in [5.74, 6) is 0.538. The van der Waals surface area contributed by atoms with Crippen molar-refractivity contribution in [1.82, 2.24) is 25.1 Å². The third-order valence-corrected chi connectivity index (χ3v) is 8.63. The molecule has 2 aliphatic rings. The van der Waals surface area contributed by atoms with Crippen LogP contribution in [0.15, 0.2) is 70.3 Å². The zero-order chi connectivity index (χ0) is 27.9. The van der Waals surface area contributed by atoms with Gasteiger partial charge in [-0.1, -0.05) is 54.0 Å². The van der Waals surface area contributed by atoms with Crippen LogP contribution in [-0.2, 0) is 11.2 Å². The van der Waals surface area contributed by atoms with Crippen molar-refractivity contribution in [3.8, 4) is 22.0 Å². The van der Waals surface area contributed by atoms with E-state index in [1.54, 1.807) is 35.9 Å². The van der Waals surface area contributed by atoms with Gasteiger partial charge in [0.25, 0.3) is 5.89 Å². The van der Waals surface area contributed by atoms with Crippen LogP contribution in [-0.4, -0.2) is 42.8 Å². The summed E-state index contributed by atoms with van der Waals surface area (Å²) in [5.41, 5.74) is 3.54. The Morgan fingerprint density at radius 1 is 1.00 bits per heavy atom. The first kappa shape index (κ1) is 25.3. The number of carbonyl (C=O) groups is 1. The average molecular weight is 566 g/mol. The summed E-state index contributed by atoms with van der Waals surface area (Å²) in [6, 6.07) is 14.2. The van der Waals surface area contributed by atoms with Crippen LogP contribution in [0.2, 0.25) is 0 Å². The number of thiazole rings is 1. The number of nitrogens with one attached hydrogen (secondary N) is 1. The molecule has 9 nitrogen and oxygen atoms in total. The standard InChI is InChI=1S/C30H24FN7O2S/c1-16-32-14-19(15-33-16)26-25(35-29(41-26)18-9-5-10-18)28-37-38-30(40-28)36-27-23(39)13-21-20(11-6-12-22(21)31)24(34-27)17-7-3-2-4-8-17/h2-4,6-8,11-12,14-15,18,27H,5,9-10,13H2,1H3,(H,36,38)/t27-/m0/s1. The van der Waals surface area contributed by atoms with Crippen LogP contribution >= 0.6 is 11.3 Å². The van der Waals surface area contributed by atoms with Gasteiger partial charge in [0, 0.05) is 47.0 Å². The maximum absolute atomic E-state index is 14.9. The van der Waals surface area contributed by atoms with Crippen LogP contribution in [0, 0.1) is 12.7 Å². The number of aliphatic imine (C=N–C) groups is 1. The van der Waals surface area contributed by atoms with Gasteiger partial charge in [-0.2, -0.15) is 0 Å². The molecule has 11 heteroatoms. The van der Waals surface area contributed by atoms with Gasteiger partial charge in [-0.25, -0.2) is 19.3 Å². The summed E-state index contributed by atoms with van der Waals surface area (Å²) in [7, 11) is 0. The number of anilines is 1. The number of rotatable bonds is 6. The second-order valence-corrected chi connectivity index (χ2v) is 11.1. The molecule has 1 fully saturated rings. The van der Waals surface area contributed by atoms with Crippen molar-refractivity contribution >= 4 is 28.8 Å². The molecule has 41 heavy (non-hydrogen) atoms. The molecule has 1 N–H and O–H groups in total. The largest absolute Gasteiger partial charge is 0.402 e. The van der Waals surface area contributed by atoms with E-state index in [2.05, 4.69) is 25.5 Å². The van der Waals surface area contributed by atoms with Crippen molar-refractivity contribution in [1.29, 1.82) is 0 Å². The molecule has 0 amide bonds. The van der Waals surface area contributed by atoms with Crippen LogP contribution in [0.5, 0.6) is 0 Å². The van der Waals surface area contributed by atoms with E-state index in [-0.39, 0.29) is 24.1 Å². The molecular weight excluding hydrogens is 541 g/mol. The molecule has 4 heterocycles. The Hall–Kier alpha value is -4.64. The van der Waals surface area contributed by atoms with E-state index in [1.165, 1.54) is 12.5 Å². The molecule has 1 saturated carbocycles. The highest BCUT2D eigenvalue weighted by molar-refractivity contribution is 7.15. The van der Waals surface area contributed by atoms with Gasteiger partial charge in [-0.15, -0.1) is 16.4 Å². The fourth-order valence-corrected chi connectivity index (χ4v) is 6.15. The average Bonchev–Trinajstić information content (AvgIpc) is 3.56. The summed E-state index contributed by atoms with van der Waals surface area (Å²) in [6.07, 6.45) is 5.72. The van der Waals surface area contributed by atoms with Gasteiger partial charge in [0.15, 0.2) is 11.9 Å². The number of halogens is 1. The van der Waals surface area contributed by atoms with Crippen LogP contribution in [0.1, 0.15) is 52.7 Å². The summed E-state index contributed by atoms with van der Waals surface area (Å²) in [5, 5.41) is 12.4. The Bertz CT molecular complexity index is 1780. The Balaban J connectivity index is 1.24. The number of nitrogens with zero attached hydrogens (tertiary/aromatic N) is 6. The minimum atomic E-state index is -1.06. The van der Waals surface area contributed by atoms with Gasteiger partial charge in [-0.05, 0) is 25.8 Å². The van der Waals surface area contributed by atoms with Crippen LogP contribution in [0.4, 0.5) is 10.4 Å². The lowest BCUT2D eigenvalue weighted by atomic mass is 9.86. The highest BCUT2D eigenvalue weighted by Crippen LogP contribution is 2.44. The second-order valence-electron chi connectivity index (χ2n) is 10.1. The van der Waals surface area contributed by atoms with Gasteiger partial charge < -0.3 is 9.73 Å². The molecule has 3 aromatic heterocycles. The molecule has 0 spiro atoms. The fourth-order valence-electron chi connectivity index (χ4n) is 4.95. The maximum Gasteiger partial charge on any atom is 0.317 e. The highest BCUT2D eigenvalue weighted by atomic mass is 32.1. The number of aromatic nitrogens is 5. The van der Waals surface area contributed by atoms with Crippen LogP contribution < -0.4 is 5.32 Å². The van der Waals surface area contributed by atoms with Gasteiger partial charge in [-0.3, -0.25) is 9.79 Å². The van der Waals surface area contributed by atoms with Crippen molar-refractivity contribution in [2.75, 3.05) is 5.32 Å². The normalized spacial score (nSPS) is 17.0. The lowest BCUT2D eigenvalue weighted by Gasteiger charge is -2.22. The SMILES string of the molecule is Cc1ncc(-c2sc(C3CCC3)nc2-c2nnc(N[C@@H]3N=C(c4ccccc4)c4cccc(F)c4CC3=O)o2)cn1. The van der Waals surface area contributed by atoms with Gasteiger partial charge in [0.1, 0.15) is 17.3 Å². The second kappa shape index (κ2) is 10.4. The summed E-state index contributed by atoms with van der Waals surface area (Å²) in [6.45, 7) is 1.83. The first-order chi connectivity index (χ1) is 20.0. The number of ketones is 1. The monoisotopic (exact) mass is 565 g/mol. The topological polar surface area (TPSA) is 119 Å². The third-order valence-electron chi connectivity index (χ3n) is 7.36.